The highest BCUT2D eigenvalue weighted by Gasteiger charge is 2.50. The van der Waals surface area contributed by atoms with E-state index < -0.39 is 24.1 Å². The summed E-state index contributed by atoms with van der Waals surface area (Å²) < 4.78 is 14.6. The lowest BCUT2D eigenvalue weighted by molar-refractivity contribution is -0.0823. The van der Waals surface area contributed by atoms with E-state index in [0.29, 0.717) is 6.61 Å². The summed E-state index contributed by atoms with van der Waals surface area (Å²) in [7, 11) is 0. The lowest BCUT2D eigenvalue weighted by Crippen LogP contribution is -2.40. The van der Waals surface area contributed by atoms with Crippen LogP contribution >= 0.6 is 0 Å². The van der Waals surface area contributed by atoms with Gasteiger partial charge in [0.1, 0.15) is 24.1 Å². The first kappa shape index (κ1) is 13.4. The molecule has 116 valence electrons. The number of nitrogens with two attached hydrogens (primary N) is 1. The van der Waals surface area contributed by atoms with Gasteiger partial charge in [-0.15, -0.1) is 5.10 Å². The Kier molecular flexibility index (Phi) is 2.96. The molecule has 10 nitrogen and oxygen atoms in total. The third kappa shape index (κ3) is 1.85. The van der Waals surface area contributed by atoms with Gasteiger partial charge in [-0.3, -0.25) is 4.57 Å². The molecule has 0 aliphatic carbocycles. The Morgan fingerprint density at radius 3 is 3.14 bits per heavy atom. The van der Waals surface area contributed by atoms with Gasteiger partial charge in [0.25, 0.3) is 0 Å². The van der Waals surface area contributed by atoms with Gasteiger partial charge >= 0.3 is 5.69 Å². The van der Waals surface area contributed by atoms with E-state index in [1.165, 1.54) is 16.8 Å². The molecule has 2 aliphatic rings. The number of aromatic nitrogens is 5. The van der Waals surface area contributed by atoms with Crippen molar-refractivity contribution in [1.29, 1.82) is 0 Å². The van der Waals surface area contributed by atoms with E-state index in [0.717, 1.165) is 5.69 Å². The van der Waals surface area contributed by atoms with Crippen LogP contribution in [-0.2, 0) is 16.1 Å². The van der Waals surface area contributed by atoms with Gasteiger partial charge in [-0.25, -0.2) is 9.48 Å². The molecule has 2 aromatic heterocycles. The predicted molar refractivity (Wildman–Crippen MR) is 71.5 cm³/mol. The number of fused-ring (bicyclic) bond motifs is 3. The van der Waals surface area contributed by atoms with Gasteiger partial charge in [-0.1, -0.05) is 5.21 Å². The highest BCUT2D eigenvalue weighted by Crippen LogP contribution is 2.41. The first-order valence-electron chi connectivity index (χ1n) is 6.80. The van der Waals surface area contributed by atoms with Crippen molar-refractivity contribution in [3.05, 3.63) is 34.6 Å². The van der Waals surface area contributed by atoms with E-state index in [9.17, 15) is 9.90 Å². The van der Waals surface area contributed by atoms with E-state index >= 15 is 0 Å². The SMILES string of the molecule is Nc1ccn([C@@H]2O[C@H](CO)[C@@H]3[C@@H]2OCc2cnnn23)c(=O)n1. The van der Waals surface area contributed by atoms with Gasteiger partial charge in [0.05, 0.1) is 25.1 Å². The molecule has 4 heterocycles. The van der Waals surface area contributed by atoms with Crippen molar-refractivity contribution in [3.8, 4) is 0 Å². The number of nitrogens with zero attached hydrogens (tertiary/aromatic N) is 5. The second kappa shape index (κ2) is 4.87. The molecule has 2 aliphatic heterocycles. The first-order chi connectivity index (χ1) is 10.7. The number of rotatable bonds is 2. The molecule has 4 rings (SSSR count). The highest BCUT2D eigenvalue weighted by molar-refractivity contribution is 5.23. The van der Waals surface area contributed by atoms with E-state index in [-0.39, 0.29) is 18.5 Å². The summed E-state index contributed by atoms with van der Waals surface area (Å²) in [4.78, 5) is 15.7. The number of ether oxygens (including phenoxy) is 2. The van der Waals surface area contributed by atoms with E-state index in [4.69, 9.17) is 15.2 Å². The molecule has 0 radical (unpaired) electrons. The maximum Gasteiger partial charge on any atom is 0.351 e. The Morgan fingerprint density at radius 1 is 1.50 bits per heavy atom. The summed E-state index contributed by atoms with van der Waals surface area (Å²) >= 11 is 0. The topological polar surface area (TPSA) is 130 Å². The molecule has 0 bridgehead atoms. The van der Waals surface area contributed by atoms with Gasteiger partial charge in [-0.05, 0) is 6.07 Å². The minimum atomic E-state index is -0.708. The van der Waals surface area contributed by atoms with Gasteiger partial charge in [-0.2, -0.15) is 4.98 Å². The summed E-state index contributed by atoms with van der Waals surface area (Å²) in [6.07, 6.45) is 1.37. The summed E-state index contributed by atoms with van der Waals surface area (Å²) in [5, 5.41) is 17.5. The second-order valence-electron chi connectivity index (χ2n) is 5.23. The quantitative estimate of drug-likeness (QED) is 0.681. The fraction of sp³-hybridized carbons (Fsp3) is 0.500. The zero-order valence-electron chi connectivity index (χ0n) is 11.4. The fourth-order valence-electron chi connectivity index (χ4n) is 2.99. The monoisotopic (exact) mass is 306 g/mol. The molecule has 2 aromatic rings. The average Bonchev–Trinajstić information content (AvgIpc) is 3.10. The molecule has 4 atom stereocenters. The second-order valence-corrected chi connectivity index (χ2v) is 5.23. The molecule has 0 spiro atoms. The maximum atomic E-state index is 12.0. The predicted octanol–water partition coefficient (Wildman–Crippen LogP) is -1.55. The summed E-state index contributed by atoms with van der Waals surface area (Å²) in [5.74, 6) is 0.137. The first-order valence-corrected chi connectivity index (χ1v) is 6.80. The Balaban J connectivity index is 1.76. The maximum absolute atomic E-state index is 12.0. The van der Waals surface area contributed by atoms with Crippen molar-refractivity contribution in [2.24, 2.45) is 0 Å². The molecule has 0 amide bonds. The van der Waals surface area contributed by atoms with Crippen molar-refractivity contribution in [3.63, 3.8) is 0 Å². The van der Waals surface area contributed by atoms with Crippen LogP contribution in [0.5, 0.6) is 0 Å². The molecule has 0 unspecified atom stereocenters. The van der Waals surface area contributed by atoms with Crippen molar-refractivity contribution in [2.75, 3.05) is 12.3 Å². The van der Waals surface area contributed by atoms with Crippen molar-refractivity contribution >= 4 is 5.82 Å². The number of aliphatic hydroxyl groups excluding tert-OH is 1. The van der Waals surface area contributed by atoms with Crippen LogP contribution in [0.3, 0.4) is 0 Å². The van der Waals surface area contributed by atoms with Gasteiger partial charge in [0, 0.05) is 6.20 Å². The molecule has 1 fully saturated rings. The molecule has 10 heteroatoms. The summed E-state index contributed by atoms with van der Waals surface area (Å²) in [5.41, 5.74) is 5.77. The third-order valence-corrected chi connectivity index (χ3v) is 3.97. The molecule has 22 heavy (non-hydrogen) atoms. The fourth-order valence-corrected chi connectivity index (χ4v) is 2.99. The number of hydrogen-bond acceptors (Lipinski definition) is 8. The molecular weight excluding hydrogens is 292 g/mol. The largest absolute Gasteiger partial charge is 0.394 e. The molecule has 0 aromatic carbocycles. The third-order valence-electron chi connectivity index (χ3n) is 3.97. The summed E-state index contributed by atoms with van der Waals surface area (Å²) in [6, 6.07) is 1.15. The number of anilines is 1. The minimum absolute atomic E-state index is 0.137. The van der Waals surface area contributed by atoms with Crippen LogP contribution in [0.1, 0.15) is 18.0 Å². The van der Waals surface area contributed by atoms with Crippen molar-refractivity contribution in [1.82, 2.24) is 24.5 Å². The summed E-state index contributed by atoms with van der Waals surface area (Å²) in [6.45, 7) is 0.0841. The highest BCUT2D eigenvalue weighted by atomic mass is 16.6. The van der Waals surface area contributed by atoms with Crippen LogP contribution < -0.4 is 11.4 Å². The zero-order chi connectivity index (χ0) is 15.3. The molecule has 3 N–H and O–H groups in total. The van der Waals surface area contributed by atoms with Crippen LogP contribution in [0.25, 0.3) is 0 Å². The minimum Gasteiger partial charge on any atom is -0.394 e. The van der Waals surface area contributed by atoms with E-state index in [1.54, 1.807) is 10.9 Å². The van der Waals surface area contributed by atoms with E-state index in [1.807, 2.05) is 0 Å². The van der Waals surface area contributed by atoms with Gasteiger partial charge in [0.2, 0.25) is 0 Å². The zero-order valence-corrected chi connectivity index (χ0v) is 11.4. The van der Waals surface area contributed by atoms with Crippen LogP contribution in [0.2, 0.25) is 0 Å². The van der Waals surface area contributed by atoms with Crippen LogP contribution in [0, 0.1) is 0 Å². The van der Waals surface area contributed by atoms with Gasteiger partial charge in [0.15, 0.2) is 6.23 Å². The Hall–Kier alpha value is -2.30. The van der Waals surface area contributed by atoms with Crippen LogP contribution in [-0.4, -0.2) is 48.5 Å². The molecular formula is C12H14N6O4. The Labute approximate surface area is 124 Å². The normalized spacial score (nSPS) is 30.0. The molecule has 1 saturated heterocycles. The number of hydrogen-bond donors (Lipinski definition) is 2. The Morgan fingerprint density at radius 2 is 2.36 bits per heavy atom. The molecule has 0 saturated carbocycles. The van der Waals surface area contributed by atoms with Crippen LogP contribution in [0.4, 0.5) is 5.82 Å². The number of nitrogen functional groups attached to an aromatic ring is 1. The van der Waals surface area contributed by atoms with Crippen LogP contribution in [0.15, 0.2) is 23.3 Å². The lowest BCUT2D eigenvalue weighted by atomic mass is 10.1. The van der Waals surface area contributed by atoms with Gasteiger partial charge < -0.3 is 20.3 Å². The number of aliphatic hydroxyl groups is 1. The standard InChI is InChI=1S/C12H14N6O4/c13-8-1-2-17(12(20)15-8)11-10-9(7(4-19)22-11)18-6(5-21-10)3-14-16-18/h1-3,7,9-11,19H,4-5H2,(H2,13,15,20)/t7-,9-,10+,11-/m1/s1. The van der Waals surface area contributed by atoms with Crippen molar-refractivity contribution < 1.29 is 14.6 Å². The smallest absolute Gasteiger partial charge is 0.351 e. The lowest BCUT2D eigenvalue weighted by Gasteiger charge is -2.29. The van der Waals surface area contributed by atoms with E-state index in [2.05, 4.69) is 15.3 Å². The Bertz CT molecular complexity index is 758. The average molecular weight is 306 g/mol. The van der Waals surface area contributed by atoms with Crippen molar-refractivity contribution in [2.45, 2.75) is 31.1 Å².